The lowest BCUT2D eigenvalue weighted by Crippen LogP contribution is -2.38. The molecule has 0 saturated heterocycles. The van der Waals surface area contributed by atoms with Crippen LogP contribution in [0.15, 0.2) is 24.3 Å². The molecule has 0 spiro atoms. The highest BCUT2D eigenvalue weighted by Crippen LogP contribution is 1.72. The van der Waals surface area contributed by atoms with Gasteiger partial charge >= 0.3 is 0 Å². The summed E-state index contributed by atoms with van der Waals surface area (Å²) in [6, 6.07) is 8.05. The molecular weight excluding hydrogens is 124 g/mol. The molecule has 2 N–H and O–H groups in total. The second kappa shape index (κ2) is 2.06. The summed E-state index contributed by atoms with van der Waals surface area (Å²) >= 11 is 0. The van der Waals surface area contributed by atoms with Gasteiger partial charge < -0.3 is 10.9 Å². The standard InChI is InChI=1S/C8H7N2/c1-2-4-8-6-10-9-5-7(8)3-1/h1-5,9-10H/q-1. The van der Waals surface area contributed by atoms with Gasteiger partial charge in [0.1, 0.15) is 0 Å². The van der Waals surface area contributed by atoms with Crippen molar-refractivity contribution in [2.45, 2.75) is 0 Å². The number of rotatable bonds is 0. The molecule has 0 aromatic heterocycles. The average Bonchev–Trinajstić information content (AvgIpc) is 2.05. The normalized spacial score (nSPS) is 13.2. The molecule has 1 aliphatic heterocycles. The third kappa shape index (κ3) is 0.739. The third-order valence-corrected chi connectivity index (χ3v) is 1.46. The van der Waals surface area contributed by atoms with Crippen LogP contribution in [0.3, 0.4) is 0 Å². The quantitative estimate of drug-likeness (QED) is 0.448. The number of hydrazine groups is 1. The molecule has 0 saturated carbocycles. The molecule has 2 nitrogen and oxygen atoms in total. The molecule has 10 heavy (non-hydrogen) atoms. The van der Waals surface area contributed by atoms with Crippen LogP contribution in [0, 0.1) is 0 Å². The van der Waals surface area contributed by atoms with E-state index in [-0.39, 0.29) is 0 Å². The van der Waals surface area contributed by atoms with Crippen LogP contribution in [0.25, 0.3) is 12.4 Å². The van der Waals surface area contributed by atoms with Gasteiger partial charge in [-0.3, -0.25) is 0 Å². The second-order valence-corrected chi connectivity index (χ2v) is 2.13. The Balaban J connectivity index is 2.84. The molecule has 0 bridgehead atoms. The van der Waals surface area contributed by atoms with Crippen LogP contribution in [0.2, 0.25) is 0 Å². The van der Waals surface area contributed by atoms with Crippen molar-refractivity contribution < 1.29 is 0 Å². The fraction of sp³-hybridized carbons (Fsp3) is 0. The molecule has 1 aromatic carbocycles. The van der Waals surface area contributed by atoms with Crippen LogP contribution in [0.4, 0.5) is 0 Å². The average molecular weight is 131 g/mol. The van der Waals surface area contributed by atoms with Crippen molar-refractivity contribution in [1.29, 1.82) is 0 Å². The van der Waals surface area contributed by atoms with Gasteiger partial charge in [0.05, 0.1) is 0 Å². The Morgan fingerprint density at radius 2 is 2.10 bits per heavy atom. The van der Waals surface area contributed by atoms with Crippen molar-refractivity contribution in [3.05, 3.63) is 34.7 Å². The topological polar surface area (TPSA) is 24.1 Å². The summed E-state index contributed by atoms with van der Waals surface area (Å²) < 4.78 is 0. The van der Waals surface area contributed by atoms with Crippen LogP contribution in [-0.4, -0.2) is 0 Å². The number of benzene rings is 1. The molecule has 1 heterocycles. The minimum Gasteiger partial charge on any atom is -0.365 e. The number of hydrogen-bond donors (Lipinski definition) is 2. The summed E-state index contributed by atoms with van der Waals surface area (Å²) in [6.45, 7) is 0. The molecule has 0 atom stereocenters. The Labute approximate surface area is 58.8 Å². The van der Waals surface area contributed by atoms with Crippen molar-refractivity contribution >= 4 is 12.4 Å². The number of nitrogens with one attached hydrogen (secondary N) is 2. The van der Waals surface area contributed by atoms with Gasteiger partial charge in [0, 0.05) is 0 Å². The molecule has 1 aromatic rings. The highest BCUT2D eigenvalue weighted by molar-refractivity contribution is 5.33. The van der Waals surface area contributed by atoms with Crippen LogP contribution in [0.5, 0.6) is 0 Å². The lowest BCUT2D eigenvalue weighted by atomic mass is 10.2. The van der Waals surface area contributed by atoms with Crippen molar-refractivity contribution in [2.75, 3.05) is 0 Å². The lowest BCUT2D eigenvalue weighted by molar-refractivity contribution is 0.844. The Morgan fingerprint density at radius 3 is 3.00 bits per heavy atom. The molecule has 0 aliphatic carbocycles. The zero-order valence-electron chi connectivity index (χ0n) is 5.39. The Morgan fingerprint density at radius 1 is 1.20 bits per heavy atom. The maximum Gasteiger partial charge on any atom is -0.0308 e. The van der Waals surface area contributed by atoms with E-state index in [2.05, 4.69) is 17.1 Å². The first-order valence-electron chi connectivity index (χ1n) is 3.15. The van der Waals surface area contributed by atoms with Crippen LogP contribution >= 0.6 is 0 Å². The van der Waals surface area contributed by atoms with Gasteiger partial charge in [0.25, 0.3) is 0 Å². The van der Waals surface area contributed by atoms with Crippen LogP contribution in [-0.2, 0) is 0 Å². The molecule has 2 rings (SSSR count). The first kappa shape index (κ1) is 5.35. The molecule has 1 aliphatic rings. The van der Waals surface area contributed by atoms with Gasteiger partial charge in [-0.15, -0.1) is 17.4 Å². The summed E-state index contributed by atoms with van der Waals surface area (Å²) in [4.78, 5) is 0. The van der Waals surface area contributed by atoms with E-state index < -0.39 is 0 Å². The fourth-order valence-electron chi connectivity index (χ4n) is 0.954. The smallest absolute Gasteiger partial charge is 0.0308 e. The Kier molecular flexibility index (Phi) is 1.10. The molecule has 2 heteroatoms. The zero-order chi connectivity index (χ0) is 6.81. The van der Waals surface area contributed by atoms with E-state index in [1.165, 1.54) is 5.22 Å². The SMILES string of the molecule is [C-]1=c2ccccc2=CNN1. The van der Waals surface area contributed by atoms with Crippen molar-refractivity contribution in [1.82, 2.24) is 10.9 Å². The van der Waals surface area contributed by atoms with Gasteiger partial charge in [-0.2, -0.15) is 11.3 Å². The van der Waals surface area contributed by atoms with Crippen molar-refractivity contribution in [2.24, 2.45) is 0 Å². The van der Waals surface area contributed by atoms with E-state index in [1.807, 2.05) is 30.5 Å². The van der Waals surface area contributed by atoms with Crippen molar-refractivity contribution in [3.8, 4) is 0 Å². The summed E-state index contributed by atoms with van der Waals surface area (Å²) in [5.74, 6) is 0. The minimum atomic E-state index is 1.10. The summed E-state index contributed by atoms with van der Waals surface area (Å²) in [6.07, 6.45) is 4.88. The van der Waals surface area contributed by atoms with Crippen LogP contribution < -0.4 is 21.3 Å². The van der Waals surface area contributed by atoms with Gasteiger partial charge in [-0.05, 0) is 6.20 Å². The van der Waals surface area contributed by atoms with Gasteiger partial charge in [-0.25, -0.2) is 0 Å². The number of fused-ring (bicyclic) bond motifs is 1. The summed E-state index contributed by atoms with van der Waals surface area (Å²) in [7, 11) is 0. The molecular formula is C8H7N2-. The Hall–Kier alpha value is -1.44. The van der Waals surface area contributed by atoms with Crippen LogP contribution in [0.1, 0.15) is 0 Å². The summed E-state index contributed by atoms with van der Waals surface area (Å²) in [5.41, 5.74) is 5.64. The van der Waals surface area contributed by atoms with Gasteiger partial charge in [0.2, 0.25) is 0 Å². The van der Waals surface area contributed by atoms with E-state index >= 15 is 0 Å². The maximum atomic E-state index is 2.97. The fourth-order valence-corrected chi connectivity index (χ4v) is 0.954. The third-order valence-electron chi connectivity index (χ3n) is 1.46. The highest BCUT2D eigenvalue weighted by Gasteiger charge is 1.77. The monoisotopic (exact) mass is 131 g/mol. The molecule has 0 fully saturated rings. The van der Waals surface area contributed by atoms with E-state index in [4.69, 9.17) is 0 Å². The predicted molar refractivity (Wildman–Crippen MR) is 39.8 cm³/mol. The van der Waals surface area contributed by atoms with Crippen molar-refractivity contribution in [3.63, 3.8) is 0 Å². The van der Waals surface area contributed by atoms with E-state index in [0.717, 1.165) is 5.22 Å². The molecule has 0 unspecified atom stereocenters. The summed E-state index contributed by atoms with van der Waals surface area (Å²) in [5, 5.41) is 2.27. The highest BCUT2D eigenvalue weighted by atomic mass is 15.3. The second-order valence-electron chi connectivity index (χ2n) is 2.13. The zero-order valence-corrected chi connectivity index (χ0v) is 5.39. The largest absolute Gasteiger partial charge is 0.365 e. The van der Waals surface area contributed by atoms with Gasteiger partial charge in [-0.1, -0.05) is 12.3 Å². The van der Waals surface area contributed by atoms with E-state index in [1.54, 1.807) is 0 Å². The minimum absolute atomic E-state index is 1.10. The first-order chi connectivity index (χ1) is 4.97. The molecule has 0 radical (unpaired) electrons. The van der Waals surface area contributed by atoms with E-state index in [9.17, 15) is 0 Å². The first-order valence-corrected chi connectivity index (χ1v) is 3.15. The van der Waals surface area contributed by atoms with E-state index in [0.29, 0.717) is 0 Å². The van der Waals surface area contributed by atoms with Gasteiger partial charge in [0.15, 0.2) is 0 Å². The molecule has 50 valence electrons. The predicted octanol–water partition coefficient (Wildman–Crippen LogP) is -0.853. The number of hydrogen-bond acceptors (Lipinski definition) is 2. The Bertz CT molecular complexity index is 306. The maximum absolute atomic E-state index is 2.97. The lowest BCUT2D eigenvalue weighted by Gasteiger charge is -2.11. The molecule has 0 amide bonds.